The van der Waals surface area contributed by atoms with Gasteiger partial charge in [0.1, 0.15) is 0 Å². The lowest BCUT2D eigenvalue weighted by Gasteiger charge is -2.06. The molecule has 0 saturated carbocycles. The van der Waals surface area contributed by atoms with Crippen LogP contribution >= 0.6 is 0 Å². The van der Waals surface area contributed by atoms with E-state index in [1.54, 1.807) is 24.3 Å². The zero-order valence-corrected chi connectivity index (χ0v) is 17.1. The van der Waals surface area contributed by atoms with Gasteiger partial charge in [-0.15, -0.1) is 0 Å². The third kappa shape index (κ3) is 4.03. The summed E-state index contributed by atoms with van der Waals surface area (Å²) in [5, 5.41) is 5.22. The van der Waals surface area contributed by atoms with Crippen molar-refractivity contribution in [1.29, 1.82) is 0 Å². The molecule has 29 heavy (non-hydrogen) atoms. The second kappa shape index (κ2) is 7.37. The minimum Gasteiger partial charge on any atom is -0.354 e. The van der Waals surface area contributed by atoms with Gasteiger partial charge in [-0.3, -0.25) is 4.79 Å². The number of hydrogen-bond donors (Lipinski definition) is 2. The molecule has 0 aliphatic rings. The van der Waals surface area contributed by atoms with Crippen molar-refractivity contribution in [2.24, 2.45) is 0 Å². The number of fused-ring (bicyclic) bond motifs is 3. The third-order valence-electron chi connectivity index (χ3n) is 5.00. The third-order valence-corrected chi connectivity index (χ3v) is 5.86. The molecule has 0 fully saturated rings. The van der Waals surface area contributed by atoms with Gasteiger partial charge in [0, 0.05) is 39.3 Å². The van der Waals surface area contributed by atoms with E-state index in [-0.39, 0.29) is 11.7 Å². The molecule has 0 spiro atoms. The van der Waals surface area contributed by atoms with Gasteiger partial charge in [-0.05, 0) is 41.8 Å². The molecule has 0 atom stereocenters. The number of aromatic amines is 1. The monoisotopic (exact) mass is 406 g/mol. The zero-order valence-electron chi connectivity index (χ0n) is 16.3. The molecule has 0 saturated heterocycles. The lowest BCUT2D eigenvalue weighted by molar-refractivity contribution is 0.102. The van der Waals surface area contributed by atoms with E-state index >= 15 is 0 Å². The number of carbonyl (C=O) groups is 1. The number of sulfone groups is 1. The number of aromatic nitrogens is 1. The first kappa shape index (κ1) is 19.2. The molecule has 0 radical (unpaired) electrons. The van der Waals surface area contributed by atoms with Crippen LogP contribution in [0, 0.1) is 0 Å². The van der Waals surface area contributed by atoms with Gasteiger partial charge in [0.25, 0.3) is 5.91 Å². The molecule has 1 amide bonds. The van der Waals surface area contributed by atoms with Crippen LogP contribution < -0.4 is 5.32 Å². The molecule has 3 aromatic carbocycles. The summed E-state index contributed by atoms with van der Waals surface area (Å²) in [4.78, 5) is 16.1. The van der Waals surface area contributed by atoms with Crippen molar-refractivity contribution in [2.45, 2.75) is 19.1 Å². The number of benzene rings is 3. The van der Waals surface area contributed by atoms with Gasteiger partial charge in [-0.2, -0.15) is 0 Å². The van der Waals surface area contributed by atoms with Crippen molar-refractivity contribution in [3.05, 3.63) is 77.4 Å². The first-order chi connectivity index (χ1) is 13.8. The van der Waals surface area contributed by atoms with Gasteiger partial charge in [0.2, 0.25) is 0 Å². The summed E-state index contributed by atoms with van der Waals surface area (Å²) in [5.74, 6) is -0.272. The van der Waals surface area contributed by atoms with Gasteiger partial charge in [0.15, 0.2) is 9.84 Å². The van der Waals surface area contributed by atoms with E-state index in [4.69, 9.17) is 0 Å². The molecule has 0 bridgehead atoms. The van der Waals surface area contributed by atoms with Crippen molar-refractivity contribution in [1.82, 2.24) is 4.98 Å². The Labute approximate surface area is 169 Å². The summed E-state index contributed by atoms with van der Waals surface area (Å²) in [6, 6.07) is 18.8. The number of hydrogen-bond acceptors (Lipinski definition) is 3. The maximum absolute atomic E-state index is 12.6. The molecule has 0 aliphatic heterocycles. The van der Waals surface area contributed by atoms with Gasteiger partial charge in [0.05, 0.1) is 5.75 Å². The fourth-order valence-electron chi connectivity index (χ4n) is 3.62. The van der Waals surface area contributed by atoms with Crippen LogP contribution in [0.25, 0.3) is 21.8 Å². The minimum atomic E-state index is -3.10. The van der Waals surface area contributed by atoms with E-state index in [9.17, 15) is 13.2 Å². The van der Waals surface area contributed by atoms with E-state index in [0.29, 0.717) is 16.8 Å². The van der Waals surface area contributed by atoms with Crippen molar-refractivity contribution in [3.8, 4) is 0 Å². The highest BCUT2D eigenvalue weighted by Gasteiger charge is 2.11. The maximum atomic E-state index is 12.6. The Kier molecular flexibility index (Phi) is 4.88. The number of H-pyrrole nitrogens is 1. The number of amides is 1. The number of nitrogens with one attached hydrogen (secondary N) is 2. The van der Waals surface area contributed by atoms with Crippen LogP contribution in [0.15, 0.2) is 60.7 Å². The summed E-state index contributed by atoms with van der Waals surface area (Å²) in [5.41, 5.74) is 5.21. The average molecular weight is 407 g/mol. The number of anilines is 1. The van der Waals surface area contributed by atoms with Crippen LogP contribution in [-0.4, -0.2) is 25.6 Å². The van der Waals surface area contributed by atoms with Crippen molar-refractivity contribution in [2.75, 3.05) is 11.6 Å². The van der Waals surface area contributed by atoms with E-state index < -0.39 is 9.84 Å². The predicted octanol–water partition coefficient (Wildman–Crippen LogP) is 4.68. The zero-order chi connectivity index (χ0) is 20.6. The topological polar surface area (TPSA) is 79.0 Å². The van der Waals surface area contributed by atoms with Crippen molar-refractivity contribution < 1.29 is 13.2 Å². The Hall–Kier alpha value is -3.12. The van der Waals surface area contributed by atoms with Crippen molar-refractivity contribution in [3.63, 3.8) is 0 Å². The second-order valence-electron chi connectivity index (χ2n) is 7.30. The van der Waals surface area contributed by atoms with Gasteiger partial charge >= 0.3 is 0 Å². The van der Waals surface area contributed by atoms with Crippen LogP contribution in [0.1, 0.15) is 28.4 Å². The first-order valence-electron chi connectivity index (χ1n) is 9.45. The SMILES string of the molecule is CCc1cccc2c1[nH]c1cc(NC(=O)c3ccc(CS(C)(=O)=O)cc3)ccc12. The number of para-hydroxylation sites is 1. The highest BCUT2D eigenvalue weighted by molar-refractivity contribution is 7.89. The van der Waals surface area contributed by atoms with Crippen LogP contribution in [-0.2, 0) is 22.0 Å². The first-order valence-corrected chi connectivity index (χ1v) is 11.5. The Morgan fingerprint density at radius 3 is 2.45 bits per heavy atom. The molecule has 1 aromatic heterocycles. The smallest absolute Gasteiger partial charge is 0.255 e. The summed E-state index contributed by atoms with van der Waals surface area (Å²) in [6.07, 6.45) is 2.14. The Morgan fingerprint density at radius 2 is 1.76 bits per heavy atom. The fourth-order valence-corrected chi connectivity index (χ4v) is 4.42. The normalized spacial score (nSPS) is 11.8. The fraction of sp³-hybridized carbons (Fsp3) is 0.174. The van der Waals surface area contributed by atoms with Gasteiger partial charge in [-0.25, -0.2) is 8.42 Å². The van der Waals surface area contributed by atoms with Crippen molar-refractivity contribution >= 4 is 43.2 Å². The quantitative estimate of drug-likeness (QED) is 0.505. The standard InChI is InChI=1S/C23H22N2O3S/c1-3-16-5-4-6-20-19-12-11-18(13-21(19)25-22(16)20)24-23(26)17-9-7-15(8-10-17)14-29(2,27)28/h4-13,25H,3,14H2,1-2H3,(H,24,26). The summed E-state index contributed by atoms with van der Waals surface area (Å²) < 4.78 is 22.8. The average Bonchev–Trinajstić information content (AvgIpc) is 3.05. The Morgan fingerprint density at radius 1 is 1.00 bits per heavy atom. The van der Waals surface area contributed by atoms with Crippen LogP contribution in [0.4, 0.5) is 5.69 Å². The number of aryl methyl sites for hydroxylation is 1. The highest BCUT2D eigenvalue weighted by atomic mass is 32.2. The summed E-state index contributed by atoms with van der Waals surface area (Å²) >= 11 is 0. The highest BCUT2D eigenvalue weighted by Crippen LogP contribution is 2.29. The lowest BCUT2D eigenvalue weighted by atomic mass is 10.1. The molecule has 0 aliphatic carbocycles. The maximum Gasteiger partial charge on any atom is 0.255 e. The van der Waals surface area contributed by atoms with Crippen LogP contribution in [0.3, 0.4) is 0 Å². The largest absolute Gasteiger partial charge is 0.354 e. The molecule has 2 N–H and O–H groups in total. The Bertz CT molecular complexity index is 1320. The van der Waals surface area contributed by atoms with E-state index in [2.05, 4.69) is 35.4 Å². The lowest BCUT2D eigenvalue weighted by Crippen LogP contribution is -2.12. The number of rotatable bonds is 5. The molecular weight excluding hydrogens is 384 g/mol. The van der Waals surface area contributed by atoms with E-state index in [0.717, 1.165) is 22.8 Å². The van der Waals surface area contributed by atoms with E-state index in [1.165, 1.54) is 17.2 Å². The molecular formula is C23H22N2O3S. The molecule has 0 unspecified atom stereocenters. The van der Waals surface area contributed by atoms with Gasteiger partial charge < -0.3 is 10.3 Å². The number of carbonyl (C=O) groups excluding carboxylic acids is 1. The molecule has 5 nitrogen and oxygen atoms in total. The summed E-state index contributed by atoms with van der Waals surface area (Å²) in [7, 11) is -3.10. The van der Waals surface area contributed by atoms with E-state index in [1.807, 2.05) is 18.2 Å². The molecule has 4 aromatic rings. The minimum absolute atomic E-state index is 0.0360. The molecule has 4 rings (SSSR count). The molecule has 6 heteroatoms. The Balaban J connectivity index is 1.59. The molecule has 148 valence electrons. The molecule has 1 heterocycles. The predicted molar refractivity (Wildman–Crippen MR) is 118 cm³/mol. The summed E-state index contributed by atoms with van der Waals surface area (Å²) in [6.45, 7) is 2.13. The second-order valence-corrected chi connectivity index (χ2v) is 9.44. The van der Waals surface area contributed by atoms with Crippen LogP contribution in [0.5, 0.6) is 0 Å². The van der Waals surface area contributed by atoms with Gasteiger partial charge in [-0.1, -0.05) is 43.3 Å². The van der Waals surface area contributed by atoms with Crippen LogP contribution in [0.2, 0.25) is 0 Å².